The number of nitrogens with one attached hydrogen (secondary N) is 1. The Morgan fingerprint density at radius 1 is 1.07 bits per heavy atom. The lowest BCUT2D eigenvalue weighted by atomic mass is 10.1. The van der Waals surface area contributed by atoms with E-state index in [-0.39, 0.29) is 5.91 Å². The van der Waals surface area contributed by atoms with Gasteiger partial charge in [-0.1, -0.05) is 29.8 Å². The van der Waals surface area contributed by atoms with Gasteiger partial charge in [-0.25, -0.2) is 4.68 Å². The summed E-state index contributed by atoms with van der Waals surface area (Å²) in [6, 6.07) is 19.1. The van der Waals surface area contributed by atoms with Crippen LogP contribution >= 0.6 is 15.9 Å². The van der Waals surface area contributed by atoms with Gasteiger partial charge < -0.3 is 10.1 Å². The first-order chi connectivity index (χ1) is 14.5. The van der Waals surface area contributed by atoms with Crippen molar-refractivity contribution >= 4 is 27.7 Å². The molecule has 0 saturated carbocycles. The number of aromatic nitrogens is 3. The van der Waals surface area contributed by atoms with Crippen LogP contribution in [0.1, 0.15) is 15.9 Å². The second-order valence-corrected chi connectivity index (χ2v) is 7.62. The molecule has 2 aromatic heterocycles. The Kier molecular flexibility index (Phi) is 5.63. The van der Waals surface area contributed by atoms with Gasteiger partial charge in [-0.2, -0.15) is 5.10 Å². The zero-order valence-corrected chi connectivity index (χ0v) is 18.1. The van der Waals surface area contributed by atoms with Crippen LogP contribution < -0.4 is 10.1 Å². The van der Waals surface area contributed by atoms with E-state index in [2.05, 4.69) is 26.2 Å². The molecule has 0 atom stereocenters. The van der Waals surface area contributed by atoms with Crippen molar-refractivity contribution in [1.82, 2.24) is 14.8 Å². The first kappa shape index (κ1) is 19.8. The van der Waals surface area contributed by atoms with E-state index < -0.39 is 0 Å². The largest absolute Gasteiger partial charge is 0.496 e. The molecule has 1 N–H and O–H groups in total. The standard InChI is InChI=1S/C23H19BrN4O2/c1-15-7-9-18(10-8-15)28-22(26-23(29)16-11-17(24)14-25-13-16)12-20(27-28)19-5-3-4-6-21(19)30-2/h3-14H,1-2H3,(H,26,29). The number of carbonyl (C=O) groups excluding carboxylic acids is 1. The topological polar surface area (TPSA) is 69.0 Å². The summed E-state index contributed by atoms with van der Waals surface area (Å²) in [6.45, 7) is 2.02. The lowest BCUT2D eigenvalue weighted by molar-refractivity contribution is 0.102. The Bertz CT molecular complexity index is 1200. The van der Waals surface area contributed by atoms with E-state index in [9.17, 15) is 4.79 Å². The van der Waals surface area contributed by atoms with E-state index in [1.54, 1.807) is 24.1 Å². The summed E-state index contributed by atoms with van der Waals surface area (Å²) in [4.78, 5) is 16.9. The molecule has 30 heavy (non-hydrogen) atoms. The number of rotatable bonds is 5. The van der Waals surface area contributed by atoms with E-state index >= 15 is 0 Å². The minimum Gasteiger partial charge on any atom is -0.496 e. The number of methoxy groups -OCH3 is 1. The number of aryl methyl sites for hydroxylation is 1. The fraction of sp³-hybridized carbons (Fsp3) is 0.0870. The predicted octanol–water partition coefficient (Wildman–Crippen LogP) is 5.27. The van der Waals surface area contributed by atoms with Crippen molar-refractivity contribution in [2.24, 2.45) is 0 Å². The molecule has 4 rings (SSSR count). The summed E-state index contributed by atoms with van der Waals surface area (Å²) in [6.07, 6.45) is 3.15. The van der Waals surface area contributed by atoms with Crippen molar-refractivity contribution in [2.45, 2.75) is 6.92 Å². The maximum atomic E-state index is 12.8. The van der Waals surface area contributed by atoms with Crippen LogP contribution in [0.4, 0.5) is 5.82 Å². The van der Waals surface area contributed by atoms with Gasteiger partial charge in [0.2, 0.25) is 0 Å². The third-order valence-electron chi connectivity index (χ3n) is 4.58. The minimum atomic E-state index is -0.274. The molecule has 0 unspecified atom stereocenters. The number of pyridine rings is 1. The minimum absolute atomic E-state index is 0.274. The molecule has 1 amide bonds. The number of ether oxygens (including phenoxy) is 1. The zero-order chi connectivity index (χ0) is 21.1. The highest BCUT2D eigenvalue weighted by atomic mass is 79.9. The first-order valence-corrected chi connectivity index (χ1v) is 10.1. The van der Waals surface area contributed by atoms with Crippen molar-refractivity contribution in [2.75, 3.05) is 12.4 Å². The van der Waals surface area contributed by atoms with E-state index in [4.69, 9.17) is 9.84 Å². The number of halogens is 1. The number of amides is 1. The average Bonchev–Trinajstić information content (AvgIpc) is 3.17. The van der Waals surface area contributed by atoms with Crippen LogP contribution in [0.25, 0.3) is 16.9 Å². The molecule has 150 valence electrons. The summed E-state index contributed by atoms with van der Waals surface area (Å²) in [5.74, 6) is 0.980. The molecular weight excluding hydrogens is 444 g/mol. The maximum absolute atomic E-state index is 12.8. The Labute approximate surface area is 182 Å². The summed E-state index contributed by atoms with van der Waals surface area (Å²) < 4.78 is 7.93. The quantitative estimate of drug-likeness (QED) is 0.438. The average molecular weight is 463 g/mol. The van der Waals surface area contributed by atoms with Crippen LogP contribution in [0.3, 0.4) is 0 Å². The van der Waals surface area contributed by atoms with Gasteiger partial charge in [0.1, 0.15) is 11.6 Å². The molecule has 0 spiro atoms. The molecule has 6 nitrogen and oxygen atoms in total. The summed E-state index contributed by atoms with van der Waals surface area (Å²) in [5, 5.41) is 7.70. The van der Waals surface area contributed by atoms with E-state index in [0.29, 0.717) is 22.8 Å². The predicted molar refractivity (Wildman–Crippen MR) is 120 cm³/mol. The third kappa shape index (κ3) is 4.11. The molecule has 0 saturated heterocycles. The number of para-hydroxylation sites is 1. The molecule has 2 aromatic carbocycles. The van der Waals surface area contributed by atoms with E-state index in [1.165, 1.54) is 6.20 Å². The van der Waals surface area contributed by atoms with Gasteiger partial charge in [0.05, 0.1) is 24.1 Å². The van der Waals surface area contributed by atoms with Crippen LogP contribution in [-0.4, -0.2) is 27.8 Å². The van der Waals surface area contributed by atoms with Crippen molar-refractivity contribution in [3.63, 3.8) is 0 Å². The molecule has 0 aliphatic rings. The molecule has 0 aliphatic heterocycles. The molecule has 0 fully saturated rings. The number of anilines is 1. The summed E-state index contributed by atoms with van der Waals surface area (Å²) >= 11 is 3.35. The Morgan fingerprint density at radius 2 is 1.83 bits per heavy atom. The maximum Gasteiger partial charge on any atom is 0.258 e. The Morgan fingerprint density at radius 3 is 2.57 bits per heavy atom. The van der Waals surface area contributed by atoms with Gasteiger partial charge in [0.15, 0.2) is 0 Å². The highest BCUT2D eigenvalue weighted by Gasteiger charge is 2.17. The van der Waals surface area contributed by atoms with Crippen LogP contribution in [0.15, 0.2) is 77.5 Å². The Balaban J connectivity index is 1.78. The first-order valence-electron chi connectivity index (χ1n) is 9.27. The monoisotopic (exact) mass is 462 g/mol. The molecule has 0 bridgehead atoms. The molecule has 2 heterocycles. The van der Waals surface area contributed by atoms with Gasteiger partial charge in [0.25, 0.3) is 5.91 Å². The van der Waals surface area contributed by atoms with Gasteiger partial charge >= 0.3 is 0 Å². The van der Waals surface area contributed by atoms with Gasteiger partial charge in [-0.3, -0.25) is 9.78 Å². The molecule has 7 heteroatoms. The fourth-order valence-corrected chi connectivity index (χ4v) is 3.43. The van der Waals surface area contributed by atoms with Crippen LogP contribution in [0.2, 0.25) is 0 Å². The SMILES string of the molecule is COc1ccccc1-c1cc(NC(=O)c2cncc(Br)c2)n(-c2ccc(C)cc2)n1. The normalized spacial score (nSPS) is 10.6. The van der Waals surface area contributed by atoms with Gasteiger partial charge in [-0.15, -0.1) is 0 Å². The smallest absolute Gasteiger partial charge is 0.258 e. The Hall–Kier alpha value is -3.45. The second kappa shape index (κ2) is 8.51. The van der Waals surface area contributed by atoms with Crippen LogP contribution in [0.5, 0.6) is 5.75 Å². The number of benzene rings is 2. The number of nitrogens with zero attached hydrogens (tertiary/aromatic N) is 3. The van der Waals surface area contributed by atoms with E-state index in [1.807, 2.05) is 61.5 Å². The van der Waals surface area contributed by atoms with Crippen LogP contribution in [0, 0.1) is 6.92 Å². The van der Waals surface area contributed by atoms with Gasteiger partial charge in [-0.05, 0) is 53.2 Å². The summed E-state index contributed by atoms with van der Waals surface area (Å²) in [7, 11) is 1.62. The zero-order valence-electron chi connectivity index (χ0n) is 16.5. The van der Waals surface area contributed by atoms with Crippen molar-refractivity contribution < 1.29 is 9.53 Å². The number of carbonyl (C=O) groups is 1. The van der Waals surface area contributed by atoms with Gasteiger partial charge in [0, 0.05) is 28.5 Å². The fourth-order valence-electron chi connectivity index (χ4n) is 3.07. The van der Waals surface area contributed by atoms with E-state index in [0.717, 1.165) is 21.3 Å². The van der Waals surface area contributed by atoms with Crippen molar-refractivity contribution in [1.29, 1.82) is 0 Å². The molecule has 0 radical (unpaired) electrons. The molecular formula is C23H19BrN4O2. The second-order valence-electron chi connectivity index (χ2n) is 6.71. The van der Waals surface area contributed by atoms with Crippen molar-refractivity contribution in [3.8, 4) is 22.7 Å². The molecule has 0 aliphatic carbocycles. The highest BCUT2D eigenvalue weighted by Crippen LogP contribution is 2.31. The summed E-state index contributed by atoms with van der Waals surface area (Å²) in [5.41, 5.74) is 3.95. The lowest BCUT2D eigenvalue weighted by Crippen LogP contribution is -2.15. The lowest BCUT2D eigenvalue weighted by Gasteiger charge is -2.09. The number of hydrogen-bond acceptors (Lipinski definition) is 4. The number of hydrogen-bond donors (Lipinski definition) is 1. The van der Waals surface area contributed by atoms with Crippen LogP contribution in [-0.2, 0) is 0 Å². The third-order valence-corrected chi connectivity index (χ3v) is 5.01. The highest BCUT2D eigenvalue weighted by molar-refractivity contribution is 9.10. The van der Waals surface area contributed by atoms with Crippen molar-refractivity contribution in [3.05, 3.63) is 88.7 Å². The molecule has 4 aromatic rings.